The second-order valence-electron chi connectivity index (χ2n) is 11.3. The largest absolute Gasteiger partial charge is 0.392 e. The molecule has 1 aliphatic heterocycles. The highest BCUT2D eigenvalue weighted by Crippen LogP contribution is 2.31. The molecule has 1 unspecified atom stereocenters. The molecule has 1 aliphatic rings. The lowest BCUT2D eigenvalue weighted by Crippen LogP contribution is -2.33. The number of carbonyl (C=O) groups is 1. The van der Waals surface area contributed by atoms with E-state index in [9.17, 15) is 9.90 Å². The molecule has 40 heavy (non-hydrogen) atoms. The van der Waals surface area contributed by atoms with Gasteiger partial charge in [-0.05, 0) is 36.6 Å². The highest BCUT2D eigenvalue weighted by atomic mass is 16.5. The van der Waals surface area contributed by atoms with Gasteiger partial charge in [0, 0.05) is 50.1 Å². The fourth-order valence-electron chi connectivity index (χ4n) is 4.75. The maximum absolute atomic E-state index is 13.1. The molecule has 1 amide bonds. The van der Waals surface area contributed by atoms with Crippen LogP contribution >= 0.6 is 0 Å². The Kier molecular flexibility index (Phi) is 7.63. The summed E-state index contributed by atoms with van der Waals surface area (Å²) in [5, 5.41) is 24.5. The van der Waals surface area contributed by atoms with E-state index in [0.29, 0.717) is 37.9 Å². The zero-order valence-electron chi connectivity index (χ0n) is 23.4. The summed E-state index contributed by atoms with van der Waals surface area (Å²) in [4.78, 5) is 28.7. The normalized spacial score (nSPS) is 16.7. The number of fused-ring (bicyclic) bond motifs is 1. The molecule has 0 bridgehead atoms. The van der Waals surface area contributed by atoms with E-state index in [1.54, 1.807) is 24.0 Å². The van der Waals surface area contributed by atoms with Crippen molar-refractivity contribution in [3.8, 4) is 11.3 Å². The maximum atomic E-state index is 13.1. The summed E-state index contributed by atoms with van der Waals surface area (Å²) in [6, 6.07) is 7.74. The second-order valence-corrected chi connectivity index (χ2v) is 11.3. The molecule has 0 saturated heterocycles. The molecule has 210 valence electrons. The van der Waals surface area contributed by atoms with E-state index >= 15 is 0 Å². The van der Waals surface area contributed by atoms with E-state index in [2.05, 4.69) is 41.8 Å². The van der Waals surface area contributed by atoms with Crippen LogP contribution in [0.4, 0.5) is 11.6 Å². The number of aliphatic hydroxyl groups is 1. The van der Waals surface area contributed by atoms with Gasteiger partial charge in [-0.15, -0.1) is 0 Å². The van der Waals surface area contributed by atoms with Gasteiger partial charge in [0.15, 0.2) is 0 Å². The van der Waals surface area contributed by atoms with Crippen LogP contribution in [0.3, 0.4) is 0 Å². The van der Waals surface area contributed by atoms with Crippen LogP contribution in [0, 0.1) is 0 Å². The van der Waals surface area contributed by atoms with Crippen LogP contribution in [0.1, 0.15) is 67.8 Å². The first-order chi connectivity index (χ1) is 19.0. The minimum atomic E-state index is -0.476. The summed E-state index contributed by atoms with van der Waals surface area (Å²) >= 11 is 0. The van der Waals surface area contributed by atoms with Crippen molar-refractivity contribution in [3.63, 3.8) is 0 Å². The van der Waals surface area contributed by atoms with E-state index in [1.807, 2.05) is 52.2 Å². The molecule has 0 spiro atoms. The molecule has 3 aromatic heterocycles. The third-order valence-corrected chi connectivity index (χ3v) is 6.66. The first-order valence-electron chi connectivity index (χ1n) is 13.3. The number of nitrogens with zero attached hydrogens (tertiary/aromatic N) is 7. The molecular formula is C28H35N9O3. The van der Waals surface area contributed by atoms with E-state index in [1.165, 1.54) is 0 Å². The van der Waals surface area contributed by atoms with E-state index in [4.69, 9.17) is 9.51 Å². The molecule has 1 aromatic carbocycles. The summed E-state index contributed by atoms with van der Waals surface area (Å²) in [5.74, 6) is 0.512. The quantitative estimate of drug-likeness (QED) is 0.316. The molecule has 12 heteroatoms. The topological polar surface area (TPSA) is 147 Å². The Balaban J connectivity index is 1.42. The molecule has 0 saturated carbocycles. The Hall–Kier alpha value is -4.16. The van der Waals surface area contributed by atoms with Crippen LogP contribution in [-0.2, 0) is 19.0 Å². The van der Waals surface area contributed by atoms with E-state index in [-0.39, 0.29) is 23.2 Å². The molecule has 0 aliphatic carbocycles. The van der Waals surface area contributed by atoms with Gasteiger partial charge in [0.05, 0.1) is 29.7 Å². The lowest BCUT2D eigenvalue weighted by molar-refractivity contribution is 0.0913. The van der Waals surface area contributed by atoms with Crippen molar-refractivity contribution >= 4 is 17.5 Å². The van der Waals surface area contributed by atoms with Crippen LogP contribution in [0.5, 0.6) is 0 Å². The molecule has 3 N–H and O–H groups in total. The van der Waals surface area contributed by atoms with Gasteiger partial charge >= 0.3 is 0 Å². The standard InChI is InChI=1S/C28H35N9O3/c1-17(38)14-37-11-9-23(32-25(39)24-34-26(40-35-24)28(2,3)4)21-7-6-18(12-19(21)15-37)22-8-10-29-27(33-22)31-20-13-30-36(5)16-20/h6-8,10,12-13,16-17,23,38H,9,11,14-15H2,1-5H3,(H,32,39)(H,29,31,33)/t17-,23?/m1/s1. The lowest BCUT2D eigenvalue weighted by atomic mass is 9.96. The molecular weight excluding hydrogens is 510 g/mol. The van der Waals surface area contributed by atoms with Gasteiger partial charge in [-0.2, -0.15) is 10.1 Å². The number of rotatable bonds is 7. The van der Waals surface area contributed by atoms with Gasteiger partial charge < -0.3 is 20.3 Å². The predicted octanol–water partition coefficient (Wildman–Crippen LogP) is 3.36. The number of hydrogen-bond donors (Lipinski definition) is 3. The van der Waals surface area contributed by atoms with Crippen molar-refractivity contribution in [3.05, 3.63) is 65.7 Å². The summed E-state index contributed by atoms with van der Waals surface area (Å²) < 4.78 is 7.03. The Labute approximate surface area is 232 Å². The van der Waals surface area contributed by atoms with Gasteiger partial charge in [-0.25, -0.2) is 9.97 Å². The van der Waals surface area contributed by atoms with Gasteiger partial charge in [0.2, 0.25) is 11.8 Å². The van der Waals surface area contributed by atoms with Crippen molar-refractivity contribution in [2.24, 2.45) is 7.05 Å². The smallest absolute Gasteiger partial charge is 0.293 e. The molecule has 0 radical (unpaired) electrons. The Bertz CT molecular complexity index is 1490. The molecule has 12 nitrogen and oxygen atoms in total. The molecule has 0 fully saturated rings. The second kappa shape index (κ2) is 11.1. The highest BCUT2D eigenvalue weighted by molar-refractivity contribution is 5.90. The Morgan fingerprint density at radius 2 is 2.08 bits per heavy atom. The molecule has 5 rings (SSSR count). The van der Waals surface area contributed by atoms with Crippen molar-refractivity contribution < 1.29 is 14.4 Å². The number of aliphatic hydroxyl groups excluding tert-OH is 1. The number of aromatic nitrogens is 6. The summed E-state index contributed by atoms with van der Waals surface area (Å²) in [6.45, 7) is 9.49. The molecule has 4 heterocycles. The predicted molar refractivity (Wildman–Crippen MR) is 149 cm³/mol. The Morgan fingerprint density at radius 3 is 2.77 bits per heavy atom. The van der Waals surface area contributed by atoms with Crippen LogP contribution < -0.4 is 10.6 Å². The minimum absolute atomic E-state index is 0.0165. The van der Waals surface area contributed by atoms with Gasteiger partial charge in [-0.3, -0.25) is 14.4 Å². The molecule has 2 atom stereocenters. The summed E-state index contributed by atoms with van der Waals surface area (Å²) in [7, 11) is 1.85. The average molecular weight is 546 g/mol. The van der Waals surface area contributed by atoms with E-state index < -0.39 is 6.10 Å². The van der Waals surface area contributed by atoms with Crippen molar-refractivity contribution in [1.29, 1.82) is 0 Å². The zero-order valence-corrected chi connectivity index (χ0v) is 23.4. The summed E-state index contributed by atoms with van der Waals surface area (Å²) in [5.41, 5.74) is 4.18. The van der Waals surface area contributed by atoms with Crippen molar-refractivity contribution in [2.45, 2.75) is 58.2 Å². The van der Waals surface area contributed by atoms with Gasteiger partial charge in [-0.1, -0.05) is 38.1 Å². The molecule has 4 aromatic rings. The average Bonchev–Trinajstić information content (AvgIpc) is 3.52. The Morgan fingerprint density at radius 1 is 1.25 bits per heavy atom. The number of β-amino-alcohol motifs (C(OH)–C–C–N with tert-alkyl or cyclic N) is 1. The maximum Gasteiger partial charge on any atom is 0.293 e. The third-order valence-electron chi connectivity index (χ3n) is 6.66. The number of nitrogens with one attached hydrogen (secondary N) is 2. The minimum Gasteiger partial charge on any atom is -0.392 e. The SMILES string of the molecule is C[C@@H](O)CN1CCC(NC(=O)c2noc(C(C)(C)C)n2)c2ccc(-c3ccnc(Nc4cnn(C)c4)n3)cc2C1. The van der Waals surface area contributed by atoms with Crippen LogP contribution in [0.2, 0.25) is 0 Å². The number of aryl methyl sites for hydroxylation is 1. The number of benzene rings is 1. The fraction of sp³-hybridized carbons (Fsp3) is 0.429. The zero-order chi connectivity index (χ0) is 28.4. The van der Waals surface area contributed by atoms with Crippen LogP contribution in [-0.4, -0.2) is 65.0 Å². The van der Waals surface area contributed by atoms with Crippen LogP contribution in [0.25, 0.3) is 11.3 Å². The third kappa shape index (κ3) is 6.35. The monoisotopic (exact) mass is 545 g/mol. The van der Waals surface area contributed by atoms with Crippen molar-refractivity contribution in [1.82, 2.24) is 40.1 Å². The highest BCUT2D eigenvalue weighted by Gasteiger charge is 2.28. The number of carbonyl (C=O) groups excluding carboxylic acids is 1. The van der Waals surface area contributed by atoms with Gasteiger partial charge in [0.25, 0.3) is 11.7 Å². The number of amides is 1. The lowest BCUT2D eigenvalue weighted by Gasteiger charge is -2.22. The number of anilines is 2. The van der Waals surface area contributed by atoms with Crippen LogP contribution in [0.15, 0.2) is 47.4 Å². The first-order valence-corrected chi connectivity index (χ1v) is 13.3. The number of hydrogen-bond acceptors (Lipinski definition) is 10. The van der Waals surface area contributed by atoms with E-state index in [0.717, 1.165) is 28.1 Å². The van der Waals surface area contributed by atoms with Gasteiger partial charge in [0.1, 0.15) is 0 Å². The first kappa shape index (κ1) is 27.4. The fourth-order valence-corrected chi connectivity index (χ4v) is 4.75. The van der Waals surface area contributed by atoms with Crippen molar-refractivity contribution in [2.75, 3.05) is 18.4 Å². The summed E-state index contributed by atoms with van der Waals surface area (Å²) in [6.07, 6.45) is 5.47.